The van der Waals surface area contributed by atoms with Crippen molar-refractivity contribution in [2.45, 2.75) is 0 Å². The highest BCUT2D eigenvalue weighted by atomic mass is 79.9. The number of amides is 2. The van der Waals surface area contributed by atoms with E-state index in [1.807, 2.05) is 0 Å². The van der Waals surface area contributed by atoms with E-state index in [2.05, 4.69) is 15.9 Å². The second-order valence-corrected chi connectivity index (χ2v) is 6.87. The highest BCUT2D eigenvalue weighted by Crippen LogP contribution is 2.41. The average Bonchev–Trinajstić information content (AvgIpc) is 2.66. The van der Waals surface area contributed by atoms with Crippen LogP contribution in [0.4, 0.5) is 17.1 Å². The van der Waals surface area contributed by atoms with Crippen LogP contribution in [0.15, 0.2) is 53.0 Å². The molecule has 0 aliphatic carbocycles. The van der Waals surface area contributed by atoms with Crippen LogP contribution in [0, 0.1) is 20.2 Å². The molecule has 2 amide bonds. The molecule has 9 nitrogen and oxygen atoms in total. The third-order valence-electron chi connectivity index (χ3n) is 4.46. The summed E-state index contributed by atoms with van der Waals surface area (Å²) in [5.74, 6) is -1.42. The summed E-state index contributed by atoms with van der Waals surface area (Å²) in [6.07, 6.45) is 0. The first kappa shape index (κ1) is 17.7. The second-order valence-electron chi connectivity index (χ2n) is 5.95. The van der Waals surface area contributed by atoms with Crippen molar-refractivity contribution < 1.29 is 19.4 Å². The monoisotopic (exact) mass is 441 g/mol. The minimum atomic E-state index is -0.772. The zero-order chi connectivity index (χ0) is 20.2. The molecule has 138 valence electrons. The molecule has 0 aromatic heterocycles. The Morgan fingerprint density at radius 2 is 1.18 bits per heavy atom. The van der Waals surface area contributed by atoms with Crippen molar-refractivity contribution in [3.05, 3.63) is 84.4 Å². The smallest absolute Gasteiger partial charge is 0.268 e. The SMILES string of the molecule is O=C1c2ccc([N+](=O)[O-])c3c([N+](=O)[O-])ccc(c23)C(=O)N1c1ccc(Br)cc1. The van der Waals surface area contributed by atoms with E-state index in [1.54, 1.807) is 24.3 Å². The number of benzene rings is 3. The second kappa shape index (κ2) is 6.20. The van der Waals surface area contributed by atoms with E-state index in [4.69, 9.17) is 0 Å². The number of carbonyl (C=O) groups is 2. The predicted octanol–water partition coefficient (Wildman–Crippen LogP) is 4.22. The normalized spacial score (nSPS) is 13.1. The zero-order valence-corrected chi connectivity index (χ0v) is 15.4. The van der Waals surface area contributed by atoms with Crippen LogP contribution in [0.2, 0.25) is 0 Å². The molecule has 3 aromatic rings. The summed E-state index contributed by atoms with van der Waals surface area (Å²) < 4.78 is 0.752. The first-order valence-corrected chi connectivity index (χ1v) is 8.63. The maximum Gasteiger partial charge on any atom is 0.284 e. The molecule has 1 aliphatic rings. The summed E-state index contributed by atoms with van der Waals surface area (Å²) in [6.45, 7) is 0. The van der Waals surface area contributed by atoms with Gasteiger partial charge in [-0.05, 0) is 36.4 Å². The predicted molar refractivity (Wildman–Crippen MR) is 103 cm³/mol. The molecule has 0 N–H and O–H groups in total. The molecule has 0 bridgehead atoms. The molecule has 1 aliphatic heterocycles. The van der Waals surface area contributed by atoms with Gasteiger partial charge in [-0.3, -0.25) is 29.8 Å². The maximum atomic E-state index is 13.0. The van der Waals surface area contributed by atoms with Crippen LogP contribution in [-0.4, -0.2) is 21.7 Å². The van der Waals surface area contributed by atoms with Gasteiger partial charge in [0.15, 0.2) is 0 Å². The van der Waals surface area contributed by atoms with E-state index in [-0.39, 0.29) is 21.9 Å². The highest BCUT2D eigenvalue weighted by molar-refractivity contribution is 9.10. The lowest BCUT2D eigenvalue weighted by Crippen LogP contribution is -2.40. The van der Waals surface area contributed by atoms with Gasteiger partial charge in [0.25, 0.3) is 23.2 Å². The fourth-order valence-electron chi connectivity index (χ4n) is 3.28. The first-order chi connectivity index (χ1) is 13.3. The molecule has 3 aromatic carbocycles. The number of halogens is 1. The summed E-state index contributed by atoms with van der Waals surface area (Å²) in [5.41, 5.74) is -0.785. The Morgan fingerprint density at radius 1 is 0.714 bits per heavy atom. The maximum absolute atomic E-state index is 13.0. The Bertz CT molecular complexity index is 1150. The highest BCUT2D eigenvalue weighted by Gasteiger charge is 2.38. The summed E-state index contributed by atoms with van der Waals surface area (Å²) >= 11 is 3.28. The van der Waals surface area contributed by atoms with Crippen molar-refractivity contribution in [3.8, 4) is 0 Å². The molecule has 0 fully saturated rings. The molecule has 0 saturated carbocycles. The van der Waals surface area contributed by atoms with Crippen LogP contribution < -0.4 is 4.90 Å². The molecule has 10 heteroatoms. The van der Waals surface area contributed by atoms with E-state index in [9.17, 15) is 29.8 Å². The van der Waals surface area contributed by atoms with Gasteiger partial charge in [-0.1, -0.05) is 15.9 Å². The number of hydrogen-bond donors (Lipinski definition) is 0. The van der Waals surface area contributed by atoms with Gasteiger partial charge in [-0.15, -0.1) is 0 Å². The Hall–Kier alpha value is -3.66. The summed E-state index contributed by atoms with van der Waals surface area (Å²) in [4.78, 5) is 48.2. The van der Waals surface area contributed by atoms with Crippen LogP contribution in [0.5, 0.6) is 0 Å². The van der Waals surface area contributed by atoms with E-state index in [0.717, 1.165) is 21.5 Å². The van der Waals surface area contributed by atoms with Crippen LogP contribution >= 0.6 is 15.9 Å². The Kier molecular flexibility index (Phi) is 3.93. The average molecular weight is 442 g/mol. The minimum Gasteiger partial charge on any atom is -0.268 e. The van der Waals surface area contributed by atoms with Crippen molar-refractivity contribution in [1.82, 2.24) is 0 Å². The van der Waals surface area contributed by atoms with Gasteiger partial charge in [0, 0.05) is 33.1 Å². The number of nitro groups is 2. The number of anilines is 1. The van der Waals surface area contributed by atoms with Gasteiger partial charge < -0.3 is 0 Å². The number of rotatable bonds is 3. The van der Waals surface area contributed by atoms with Gasteiger partial charge in [0.1, 0.15) is 5.39 Å². The van der Waals surface area contributed by atoms with Crippen molar-refractivity contribution >= 4 is 55.6 Å². The van der Waals surface area contributed by atoms with Crippen LogP contribution in [0.25, 0.3) is 10.8 Å². The number of non-ortho nitro benzene ring substituents is 2. The van der Waals surface area contributed by atoms with E-state index in [0.29, 0.717) is 5.69 Å². The Morgan fingerprint density at radius 3 is 1.61 bits per heavy atom. The molecular formula is C18H8BrN3O6. The number of carbonyl (C=O) groups excluding carboxylic acids is 2. The van der Waals surface area contributed by atoms with Crippen LogP contribution in [-0.2, 0) is 0 Å². The van der Waals surface area contributed by atoms with Gasteiger partial charge in [0.05, 0.1) is 15.5 Å². The number of imide groups is 1. The Balaban J connectivity index is 2.05. The van der Waals surface area contributed by atoms with E-state index >= 15 is 0 Å². The number of hydrogen-bond acceptors (Lipinski definition) is 6. The van der Waals surface area contributed by atoms with Crippen molar-refractivity contribution in [2.24, 2.45) is 0 Å². The quantitative estimate of drug-likeness (QED) is 0.340. The molecule has 1 heterocycles. The fraction of sp³-hybridized carbons (Fsp3) is 0. The van der Waals surface area contributed by atoms with Gasteiger partial charge in [0.2, 0.25) is 0 Å². The zero-order valence-electron chi connectivity index (χ0n) is 13.8. The fourth-order valence-corrected chi connectivity index (χ4v) is 3.54. The summed E-state index contributed by atoms with van der Waals surface area (Å²) in [6, 6.07) is 11.0. The standard InChI is InChI=1S/C18H8BrN3O6/c19-9-1-3-10(4-2-9)20-17(23)11-5-7-13(21(25)26)16-14(22(27)28)8-6-12(15(11)16)18(20)24/h1-8H. The minimum absolute atomic E-state index is 0.0122. The first-order valence-electron chi connectivity index (χ1n) is 7.84. The molecule has 4 rings (SSSR count). The number of nitrogens with zero attached hydrogens (tertiary/aromatic N) is 3. The van der Waals surface area contributed by atoms with Crippen LogP contribution in [0.3, 0.4) is 0 Å². The number of nitro benzene ring substituents is 2. The molecular weight excluding hydrogens is 434 g/mol. The molecule has 28 heavy (non-hydrogen) atoms. The van der Waals surface area contributed by atoms with Gasteiger partial charge in [-0.2, -0.15) is 0 Å². The van der Waals surface area contributed by atoms with E-state index in [1.165, 1.54) is 12.1 Å². The molecule has 0 unspecified atom stereocenters. The largest absolute Gasteiger partial charge is 0.284 e. The van der Waals surface area contributed by atoms with Crippen molar-refractivity contribution in [1.29, 1.82) is 0 Å². The van der Waals surface area contributed by atoms with Gasteiger partial charge >= 0.3 is 0 Å². The molecule has 0 saturated heterocycles. The summed E-state index contributed by atoms with van der Waals surface area (Å²) in [7, 11) is 0. The third-order valence-corrected chi connectivity index (χ3v) is 4.99. The molecule has 0 spiro atoms. The molecule has 0 atom stereocenters. The Labute approximate surface area is 164 Å². The lowest BCUT2D eigenvalue weighted by atomic mass is 9.91. The lowest BCUT2D eigenvalue weighted by molar-refractivity contribution is -0.390. The third kappa shape index (κ3) is 2.46. The van der Waals surface area contributed by atoms with Gasteiger partial charge in [-0.25, -0.2) is 4.90 Å². The van der Waals surface area contributed by atoms with E-state index < -0.39 is 33.0 Å². The summed E-state index contributed by atoms with van der Waals surface area (Å²) in [5, 5.41) is 22.4. The topological polar surface area (TPSA) is 124 Å². The molecule has 0 radical (unpaired) electrons. The van der Waals surface area contributed by atoms with Crippen molar-refractivity contribution in [3.63, 3.8) is 0 Å². The lowest BCUT2D eigenvalue weighted by Gasteiger charge is -2.27. The van der Waals surface area contributed by atoms with Crippen LogP contribution in [0.1, 0.15) is 20.7 Å². The van der Waals surface area contributed by atoms with Crippen molar-refractivity contribution in [2.75, 3.05) is 4.90 Å².